The zero-order chi connectivity index (χ0) is 12.1. The molecule has 1 aliphatic carbocycles. The standard InChI is InChI=1S/C14H20BrNO/c15-12-5-7-13(8-6-12)17-10-9-14(16)11-3-1-2-4-11/h5-8,11,14H,1-4,9-10,16H2. The van der Waals surface area contributed by atoms with Crippen LogP contribution in [0.25, 0.3) is 0 Å². The second-order valence-electron chi connectivity index (χ2n) is 4.80. The van der Waals surface area contributed by atoms with E-state index in [1.807, 2.05) is 24.3 Å². The van der Waals surface area contributed by atoms with Crippen LogP contribution in [0.4, 0.5) is 0 Å². The number of hydrogen-bond donors (Lipinski definition) is 1. The van der Waals surface area contributed by atoms with E-state index in [1.54, 1.807) is 0 Å². The highest BCUT2D eigenvalue weighted by molar-refractivity contribution is 9.10. The van der Waals surface area contributed by atoms with Crippen molar-refractivity contribution in [3.8, 4) is 5.75 Å². The molecular weight excluding hydrogens is 278 g/mol. The van der Waals surface area contributed by atoms with Gasteiger partial charge < -0.3 is 10.5 Å². The molecule has 1 aromatic rings. The predicted molar refractivity (Wildman–Crippen MR) is 74.2 cm³/mol. The predicted octanol–water partition coefficient (Wildman–Crippen LogP) is 3.74. The first-order chi connectivity index (χ1) is 8.25. The van der Waals surface area contributed by atoms with E-state index >= 15 is 0 Å². The third kappa shape index (κ3) is 4.00. The van der Waals surface area contributed by atoms with E-state index in [2.05, 4.69) is 15.9 Å². The zero-order valence-corrected chi connectivity index (χ0v) is 11.7. The van der Waals surface area contributed by atoms with Crippen LogP contribution in [0.15, 0.2) is 28.7 Å². The fraction of sp³-hybridized carbons (Fsp3) is 0.571. The molecule has 0 bridgehead atoms. The lowest BCUT2D eigenvalue weighted by atomic mass is 9.97. The maximum atomic E-state index is 6.18. The van der Waals surface area contributed by atoms with Crippen LogP contribution in [0, 0.1) is 5.92 Å². The SMILES string of the molecule is NC(CCOc1ccc(Br)cc1)C1CCCC1. The summed E-state index contributed by atoms with van der Waals surface area (Å²) in [6, 6.07) is 8.25. The second kappa shape index (κ2) is 6.41. The van der Waals surface area contributed by atoms with Crippen molar-refractivity contribution in [1.29, 1.82) is 0 Å². The Morgan fingerprint density at radius 1 is 1.24 bits per heavy atom. The van der Waals surface area contributed by atoms with E-state index in [1.165, 1.54) is 25.7 Å². The maximum Gasteiger partial charge on any atom is 0.119 e. The molecule has 1 aliphatic rings. The van der Waals surface area contributed by atoms with Crippen molar-refractivity contribution in [2.24, 2.45) is 11.7 Å². The van der Waals surface area contributed by atoms with Crippen LogP contribution in [0.5, 0.6) is 5.75 Å². The van der Waals surface area contributed by atoms with E-state index in [0.717, 1.165) is 29.2 Å². The van der Waals surface area contributed by atoms with Crippen molar-refractivity contribution < 1.29 is 4.74 Å². The van der Waals surface area contributed by atoms with Crippen LogP contribution < -0.4 is 10.5 Å². The number of hydrogen-bond acceptors (Lipinski definition) is 2. The summed E-state index contributed by atoms with van der Waals surface area (Å²) >= 11 is 3.41. The minimum atomic E-state index is 0.313. The molecule has 2 rings (SSSR count). The highest BCUT2D eigenvalue weighted by Gasteiger charge is 2.21. The average molecular weight is 298 g/mol. The molecule has 1 saturated carbocycles. The molecule has 0 aliphatic heterocycles. The molecule has 0 radical (unpaired) electrons. The number of rotatable bonds is 5. The first-order valence-electron chi connectivity index (χ1n) is 6.39. The van der Waals surface area contributed by atoms with Gasteiger partial charge in [-0.1, -0.05) is 28.8 Å². The van der Waals surface area contributed by atoms with Crippen molar-refractivity contribution in [3.05, 3.63) is 28.7 Å². The summed E-state index contributed by atoms with van der Waals surface area (Å²) in [6.07, 6.45) is 6.28. The lowest BCUT2D eigenvalue weighted by Gasteiger charge is -2.18. The van der Waals surface area contributed by atoms with Crippen LogP contribution in [0.1, 0.15) is 32.1 Å². The van der Waals surface area contributed by atoms with E-state index in [4.69, 9.17) is 10.5 Å². The number of nitrogens with two attached hydrogens (primary N) is 1. The summed E-state index contributed by atoms with van der Waals surface area (Å²) in [5.41, 5.74) is 6.18. The molecule has 0 amide bonds. The minimum Gasteiger partial charge on any atom is -0.494 e. The van der Waals surface area contributed by atoms with Crippen LogP contribution in [0.3, 0.4) is 0 Å². The van der Waals surface area contributed by atoms with Crippen molar-refractivity contribution in [3.63, 3.8) is 0 Å². The molecule has 1 aromatic carbocycles. The van der Waals surface area contributed by atoms with E-state index in [-0.39, 0.29) is 0 Å². The summed E-state index contributed by atoms with van der Waals surface area (Å²) in [4.78, 5) is 0. The Bertz CT molecular complexity index is 333. The molecule has 94 valence electrons. The van der Waals surface area contributed by atoms with Gasteiger partial charge in [0.05, 0.1) is 6.61 Å². The molecule has 3 heteroatoms. The van der Waals surface area contributed by atoms with Crippen LogP contribution in [-0.4, -0.2) is 12.6 Å². The van der Waals surface area contributed by atoms with Crippen LogP contribution in [0.2, 0.25) is 0 Å². The normalized spacial score (nSPS) is 18.2. The van der Waals surface area contributed by atoms with Gasteiger partial charge in [-0.15, -0.1) is 0 Å². The van der Waals surface area contributed by atoms with Gasteiger partial charge in [-0.25, -0.2) is 0 Å². The molecular formula is C14H20BrNO. The first kappa shape index (κ1) is 12.9. The molecule has 2 N–H and O–H groups in total. The Morgan fingerprint density at radius 2 is 1.88 bits per heavy atom. The Hall–Kier alpha value is -0.540. The largest absolute Gasteiger partial charge is 0.494 e. The molecule has 2 nitrogen and oxygen atoms in total. The van der Waals surface area contributed by atoms with Crippen molar-refractivity contribution >= 4 is 15.9 Å². The molecule has 0 spiro atoms. The summed E-state index contributed by atoms with van der Waals surface area (Å²) in [5.74, 6) is 1.65. The van der Waals surface area contributed by atoms with Gasteiger partial charge in [-0.3, -0.25) is 0 Å². The topological polar surface area (TPSA) is 35.2 Å². The average Bonchev–Trinajstić information content (AvgIpc) is 2.85. The highest BCUT2D eigenvalue weighted by Crippen LogP contribution is 2.28. The van der Waals surface area contributed by atoms with Crippen molar-refractivity contribution in [2.45, 2.75) is 38.1 Å². The highest BCUT2D eigenvalue weighted by atomic mass is 79.9. The third-order valence-corrected chi connectivity index (χ3v) is 4.07. The smallest absolute Gasteiger partial charge is 0.119 e. The lowest BCUT2D eigenvalue weighted by molar-refractivity contribution is 0.274. The summed E-state index contributed by atoms with van der Waals surface area (Å²) in [5, 5.41) is 0. The second-order valence-corrected chi connectivity index (χ2v) is 5.72. The quantitative estimate of drug-likeness (QED) is 0.899. The number of halogens is 1. The lowest BCUT2D eigenvalue weighted by Crippen LogP contribution is -2.30. The fourth-order valence-corrected chi connectivity index (χ4v) is 2.73. The summed E-state index contributed by atoms with van der Waals surface area (Å²) in [7, 11) is 0. The van der Waals surface area contributed by atoms with Gasteiger partial charge in [0.1, 0.15) is 5.75 Å². The summed E-state index contributed by atoms with van der Waals surface area (Å²) in [6.45, 7) is 0.722. The van der Waals surface area contributed by atoms with Gasteiger partial charge in [0.25, 0.3) is 0 Å². The Morgan fingerprint density at radius 3 is 2.53 bits per heavy atom. The number of ether oxygens (including phenoxy) is 1. The van der Waals surface area contributed by atoms with E-state index in [0.29, 0.717) is 6.04 Å². The first-order valence-corrected chi connectivity index (χ1v) is 7.19. The van der Waals surface area contributed by atoms with E-state index in [9.17, 15) is 0 Å². The molecule has 0 saturated heterocycles. The van der Waals surface area contributed by atoms with Gasteiger partial charge in [-0.2, -0.15) is 0 Å². The molecule has 0 heterocycles. The molecule has 1 atom stereocenters. The van der Waals surface area contributed by atoms with Crippen molar-refractivity contribution in [1.82, 2.24) is 0 Å². The molecule has 1 fully saturated rings. The van der Waals surface area contributed by atoms with Crippen molar-refractivity contribution in [2.75, 3.05) is 6.61 Å². The summed E-state index contributed by atoms with van der Waals surface area (Å²) < 4.78 is 6.77. The van der Waals surface area contributed by atoms with Gasteiger partial charge in [0, 0.05) is 10.5 Å². The van der Waals surface area contributed by atoms with Crippen LogP contribution in [-0.2, 0) is 0 Å². The zero-order valence-electron chi connectivity index (χ0n) is 10.1. The maximum absolute atomic E-state index is 6.18. The van der Waals surface area contributed by atoms with Gasteiger partial charge in [-0.05, 0) is 49.4 Å². The minimum absolute atomic E-state index is 0.313. The molecule has 17 heavy (non-hydrogen) atoms. The fourth-order valence-electron chi connectivity index (χ4n) is 2.46. The van der Waals surface area contributed by atoms with Gasteiger partial charge >= 0.3 is 0 Å². The van der Waals surface area contributed by atoms with Crippen LogP contribution >= 0.6 is 15.9 Å². The number of benzene rings is 1. The Labute approximate surface area is 112 Å². The molecule has 0 aromatic heterocycles. The molecule has 1 unspecified atom stereocenters. The monoisotopic (exact) mass is 297 g/mol. The van der Waals surface area contributed by atoms with Gasteiger partial charge in [0.15, 0.2) is 0 Å². The third-order valence-electron chi connectivity index (χ3n) is 3.54. The van der Waals surface area contributed by atoms with E-state index < -0.39 is 0 Å². The Balaban J connectivity index is 1.70. The Kier molecular flexibility index (Phi) is 4.86. The van der Waals surface area contributed by atoms with Gasteiger partial charge in [0.2, 0.25) is 0 Å².